The largest absolute Gasteiger partial charge is 0.312 e. The topological polar surface area (TPSA) is 75.7 Å². The van der Waals surface area contributed by atoms with Crippen LogP contribution in [0.4, 0.5) is 0 Å². The first kappa shape index (κ1) is 14.0. The average molecular weight is 339 g/mol. The first-order valence-electron chi connectivity index (χ1n) is 6.75. The molecule has 0 amide bonds. The molecule has 0 bridgehead atoms. The van der Waals surface area contributed by atoms with Crippen molar-refractivity contribution in [3.8, 4) is 10.7 Å². The number of benzene rings is 1. The Bertz CT molecular complexity index is 1060. The van der Waals surface area contributed by atoms with Crippen molar-refractivity contribution in [3.05, 3.63) is 68.9 Å². The number of hydrogen-bond acceptors (Lipinski definition) is 6. The molecule has 4 aromatic rings. The number of aromatic amines is 1. The highest BCUT2D eigenvalue weighted by Crippen LogP contribution is 2.24. The summed E-state index contributed by atoms with van der Waals surface area (Å²) in [4.78, 5) is 35.2. The highest BCUT2D eigenvalue weighted by Gasteiger charge is 2.15. The van der Waals surface area contributed by atoms with Gasteiger partial charge in [-0.05, 0) is 30.3 Å². The zero-order chi connectivity index (χ0) is 15.8. The number of thiazole rings is 2. The highest BCUT2D eigenvalue weighted by atomic mass is 32.1. The van der Waals surface area contributed by atoms with Gasteiger partial charge in [-0.15, -0.1) is 11.3 Å². The van der Waals surface area contributed by atoms with Crippen molar-refractivity contribution in [2.24, 2.45) is 0 Å². The second-order valence-corrected chi connectivity index (χ2v) is 6.68. The Morgan fingerprint density at radius 2 is 2.09 bits per heavy atom. The summed E-state index contributed by atoms with van der Waals surface area (Å²) in [5, 5.41) is 2.44. The number of nitrogens with one attached hydrogen (secondary N) is 1. The van der Waals surface area contributed by atoms with Gasteiger partial charge >= 0.3 is 4.87 Å². The van der Waals surface area contributed by atoms with Crippen molar-refractivity contribution in [2.75, 3.05) is 0 Å². The molecule has 3 heterocycles. The minimum atomic E-state index is -0.161. The van der Waals surface area contributed by atoms with Crippen LogP contribution < -0.4 is 4.87 Å². The van der Waals surface area contributed by atoms with E-state index in [9.17, 15) is 9.59 Å². The van der Waals surface area contributed by atoms with Crippen LogP contribution in [0.25, 0.3) is 20.9 Å². The van der Waals surface area contributed by atoms with E-state index < -0.39 is 0 Å². The van der Waals surface area contributed by atoms with E-state index in [4.69, 9.17) is 0 Å². The molecule has 5 nitrogen and oxygen atoms in total. The summed E-state index contributed by atoms with van der Waals surface area (Å²) in [6, 6.07) is 10.7. The molecule has 0 radical (unpaired) electrons. The molecule has 0 aliphatic heterocycles. The van der Waals surface area contributed by atoms with Crippen LogP contribution in [0.2, 0.25) is 0 Å². The van der Waals surface area contributed by atoms with Gasteiger partial charge in [0, 0.05) is 17.1 Å². The van der Waals surface area contributed by atoms with Crippen LogP contribution in [-0.2, 0) is 0 Å². The van der Waals surface area contributed by atoms with Crippen LogP contribution in [0.3, 0.4) is 0 Å². The normalized spacial score (nSPS) is 11.0. The summed E-state index contributed by atoms with van der Waals surface area (Å²) >= 11 is 2.48. The molecule has 112 valence electrons. The predicted molar refractivity (Wildman–Crippen MR) is 91.2 cm³/mol. The maximum atomic E-state index is 12.6. The lowest BCUT2D eigenvalue weighted by molar-refractivity contribution is 0.103. The Morgan fingerprint density at radius 1 is 1.17 bits per heavy atom. The van der Waals surface area contributed by atoms with Crippen molar-refractivity contribution in [1.29, 1.82) is 0 Å². The molecule has 4 rings (SSSR count). The number of rotatable bonds is 3. The molecular formula is C16H9N3O2S2. The molecule has 0 unspecified atom stereocenters. The van der Waals surface area contributed by atoms with E-state index >= 15 is 0 Å². The van der Waals surface area contributed by atoms with Crippen molar-refractivity contribution in [1.82, 2.24) is 15.0 Å². The monoisotopic (exact) mass is 339 g/mol. The van der Waals surface area contributed by atoms with Gasteiger partial charge in [0.15, 0.2) is 0 Å². The van der Waals surface area contributed by atoms with Gasteiger partial charge in [-0.1, -0.05) is 17.4 Å². The first-order chi connectivity index (χ1) is 11.2. The maximum Gasteiger partial charge on any atom is 0.305 e. The van der Waals surface area contributed by atoms with Gasteiger partial charge in [0.1, 0.15) is 10.7 Å². The van der Waals surface area contributed by atoms with Crippen LogP contribution in [-0.4, -0.2) is 20.7 Å². The number of hydrogen-bond donors (Lipinski definition) is 1. The number of aromatic nitrogens is 3. The standard InChI is InChI=1S/C16H9N3O2S2/c20-14(9-4-5-10-13(7-9)23-16(21)19-10)12-8-22-15(18-12)11-3-1-2-6-17-11/h1-8H,(H,19,21). The van der Waals surface area contributed by atoms with Crippen LogP contribution in [0.5, 0.6) is 0 Å². The minimum absolute atomic E-state index is 0.129. The number of ketones is 1. The van der Waals surface area contributed by atoms with E-state index in [-0.39, 0.29) is 10.7 Å². The lowest BCUT2D eigenvalue weighted by atomic mass is 10.1. The van der Waals surface area contributed by atoms with Crippen molar-refractivity contribution < 1.29 is 4.79 Å². The number of nitrogens with zero attached hydrogens (tertiary/aromatic N) is 2. The summed E-state index contributed by atoms with van der Waals surface area (Å²) in [6.07, 6.45) is 1.69. The summed E-state index contributed by atoms with van der Waals surface area (Å²) in [5.74, 6) is -0.161. The number of pyridine rings is 1. The Morgan fingerprint density at radius 3 is 2.91 bits per heavy atom. The second-order valence-electron chi connectivity index (χ2n) is 4.81. The summed E-state index contributed by atoms with van der Waals surface area (Å²) in [6.45, 7) is 0. The van der Waals surface area contributed by atoms with E-state index in [1.54, 1.807) is 29.8 Å². The fourth-order valence-electron chi connectivity index (χ4n) is 2.22. The van der Waals surface area contributed by atoms with Crippen LogP contribution in [0.15, 0.2) is 52.8 Å². The number of H-pyrrole nitrogens is 1. The van der Waals surface area contributed by atoms with Crippen molar-refractivity contribution in [3.63, 3.8) is 0 Å². The molecule has 3 aromatic heterocycles. The Labute approximate surface area is 138 Å². The quantitative estimate of drug-likeness (QED) is 0.581. The van der Waals surface area contributed by atoms with E-state index in [0.717, 1.165) is 27.2 Å². The number of carbonyl (C=O) groups is 1. The molecule has 0 aliphatic carbocycles. The Balaban J connectivity index is 1.70. The number of carbonyl (C=O) groups excluding carboxylic acids is 1. The predicted octanol–water partition coefficient (Wildman–Crippen LogP) is 3.34. The summed E-state index contributed by atoms with van der Waals surface area (Å²) in [5.41, 5.74) is 2.39. The molecule has 0 fully saturated rings. The second kappa shape index (κ2) is 5.53. The maximum absolute atomic E-state index is 12.6. The molecule has 0 saturated heterocycles. The lowest BCUT2D eigenvalue weighted by Gasteiger charge is -1.98. The third kappa shape index (κ3) is 2.60. The minimum Gasteiger partial charge on any atom is -0.312 e. The molecule has 23 heavy (non-hydrogen) atoms. The molecule has 0 atom stereocenters. The van der Waals surface area contributed by atoms with Gasteiger partial charge in [0.2, 0.25) is 5.78 Å². The van der Waals surface area contributed by atoms with Gasteiger partial charge in [0.25, 0.3) is 0 Å². The smallest absolute Gasteiger partial charge is 0.305 e. The van der Waals surface area contributed by atoms with E-state index in [1.165, 1.54) is 11.3 Å². The third-order valence-corrected chi connectivity index (χ3v) is 5.01. The van der Waals surface area contributed by atoms with Crippen LogP contribution in [0, 0.1) is 0 Å². The van der Waals surface area contributed by atoms with Gasteiger partial charge in [-0.25, -0.2) is 4.98 Å². The zero-order valence-electron chi connectivity index (χ0n) is 11.6. The Hall–Kier alpha value is -2.64. The highest BCUT2D eigenvalue weighted by molar-refractivity contribution is 7.16. The van der Waals surface area contributed by atoms with Gasteiger partial charge in [-0.2, -0.15) is 0 Å². The van der Waals surface area contributed by atoms with Crippen LogP contribution >= 0.6 is 22.7 Å². The van der Waals surface area contributed by atoms with Gasteiger partial charge < -0.3 is 4.98 Å². The van der Waals surface area contributed by atoms with E-state index in [2.05, 4.69) is 15.0 Å². The molecule has 1 aromatic carbocycles. The molecule has 1 N–H and O–H groups in total. The third-order valence-electron chi connectivity index (χ3n) is 3.30. The van der Waals surface area contributed by atoms with Crippen molar-refractivity contribution in [2.45, 2.75) is 0 Å². The van der Waals surface area contributed by atoms with Gasteiger partial charge in [-0.3, -0.25) is 14.6 Å². The van der Waals surface area contributed by atoms with Gasteiger partial charge in [0.05, 0.1) is 15.9 Å². The zero-order valence-corrected chi connectivity index (χ0v) is 13.3. The molecule has 7 heteroatoms. The fraction of sp³-hybridized carbons (Fsp3) is 0. The fourth-order valence-corrected chi connectivity index (χ4v) is 3.77. The lowest BCUT2D eigenvalue weighted by Crippen LogP contribution is -2.01. The summed E-state index contributed by atoms with van der Waals surface area (Å²) in [7, 11) is 0. The molecule has 0 saturated carbocycles. The first-order valence-corrected chi connectivity index (χ1v) is 8.45. The number of fused-ring (bicyclic) bond motifs is 1. The summed E-state index contributed by atoms with van der Waals surface area (Å²) < 4.78 is 0.765. The van der Waals surface area contributed by atoms with E-state index in [0.29, 0.717) is 16.3 Å². The van der Waals surface area contributed by atoms with Crippen LogP contribution in [0.1, 0.15) is 16.1 Å². The molecule has 0 spiro atoms. The Kier molecular flexibility index (Phi) is 3.36. The average Bonchev–Trinajstić information content (AvgIpc) is 3.20. The molecule has 0 aliphatic rings. The van der Waals surface area contributed by atoms with Crippen molar-refractivity contribution >= 4 is 38.7 Å². The molecular weight excluding hydrogens is 330 g/mol. The van der Waals surface area contributed by atoms with E-state index in [1.807, 2.05) is 18.2 Å². The SMILES string of the molecule is O=C(c1ccc2[nH]c(=O)sc2c1)c1csc(-c2ccccn2)n1.